The molecular weight excluding hydrogens is 278 g/mol. The third kappa shape index (κ3) is 1.56. The van der Waals surface area contributed by atoms with Gasteiger partial charge in [0.05, 0.1) is 0 Å². The quantitative estimate of drug-likeness (QED) is 0.773. The Labute approximate surface area is 130 Å². The number of phenolic OH excluding ortho intramolecular Hbond substituents is 1. The van der Waals surface area contributed by atoms with E-state index in [0.29, 0.717) is 30.9 Å². The number of benzene rings is 1. The number of phenols is 1. The number of piperidine rings is 1. The van der Waals surface area contributed by atoms with Gasteiger partial charge in [-0.25, -0.2) is 0 Å². The van der Waals surface area contributed by atoms with Crippen LogP contribution in [0.3, 0.4) is 0 Å². The Morgan fingerprint density at radius 3 is 2.91 bits per heavy atom. The van der Waals surface area contributed by atoms with E-state index in [1.54, 1.807) is 0 Å². The van der Waals surface area contributed by atoms with E-state index in [4.69, 9.17) is 9.47 Å². The van der Waals surface area contributed by atoms with Gasteiger partial charge in [0.15, 0.2) is 11.5 Å². The fourth-order valence-electron chi connectivity index (χ4n) is 5.58. The van der Waals surface area contributed by atoms with E-state index >= 15 is 0 Å². The Hall–Kier alpha value is -1.42. The molecule has 2 fully saturated rings. The lowest BCUT2D eigenvalue weighted by molar-refractivity contribution is 0.0760. The molecule has 3 atom stereocenters. The van der Waals surface area contributed by atoms with Gasteiger partial charge in [-0.05, 0) is 49.8 Å². The van der Waals surface area contributed by atoms with Crippen molar-refractivity contribution in [2.24, 2.45) is 5.92 Å². The number of nitrogens with one attached hydrogen (secondary N) is 1. The van der Waals surface area contributed by atoms with Crippen molar-refractivity contribution in [3.63, 3.8) is 0 Å². The molecule has 118 valence electrons. The second-order valence-electron chi connectivity index (χ2n) is 7.30. The van der Waals surface area contributed by atoms with Crippen LogP contribution in [0.4, 0.5) is 0 Å². The molecule has 2 aliphatic heterocycles. The van der Waals surface area contributed by atoms with Crippen molar-refractivity contribution in [1.82, 2.24) is 5.32 Å². The minimum Gasteiger partial charge on any atom is -0.504 e. The molecule has 4 heteroatoms. The second kappa shape index (κ2) is 4.54. The first-order valence-electron chi connectivity index (χ1n) is 8.68. The lowest BCUT2D eigenvalue weighted by Gasteiger charge is -2.56. The standard InChI is InChI=1S/C18H23NO3/c20-15-10-13-11(16-17(15)22-8-7-21-16)9-14-12-3-1-2-4-18(12,13)5-6-19-14/h10,12,14,19-20H,1-9H2/t12-,14+,18+/m1/s1. The molecule has 0 radical (unpaired) electrons. The Morgan fingerprint density at radius 2 is 2.00 bits per heavy atom. The molecule has 0 spiro atoms. The molecule has 2 aliphatic carbocycles. The van der Waals surface area contributed by atoms with Gasteiger partial charge in [0, 0.05) is 17.0 Å². The Balaban J connectivity index is 1.75. The van der Waals surface area contributed by atoms with Gasteiger partial charge in [-0.2, -0.15) is 0 Å². The summed E-state index contributed by atoms with van der Waals surface area (Å²) >= 11 is 0. The summed E-state index contributed by atoms with van der Waals surface area (Å²) in [6.07, 6.45) is 7.40. The topological polar surface area (TPSA) is 50.7 Å². The fourth-order valence-corrected chi connectivity index (χ4v) is 5.58. The zero-order valence-corrected chi connectivity index (χ0v) is 12.9. The minimum atomic E-state index is 0.245. The van der Waals surface area contributed by atoms with Crippen LogP contribution in [0.15, 0.2) is 6.07 Å². The number of rotatable bonds is 0. The van der Waals surface area contributed by atoms with Gasteiger partial charge in [0.1, 0.15) is 13.2 Å². The van der Waals surface area contributed by atoms with Crippen molar-refractivity contribution in [2.45, 2.75) is 50.0 Å². The molecule has 2 N–H and O–H groups in total. The third-order valence-electron chi connectivity index (χ3n) is 6.42. The monoisotopic (exact) mass is 301 g/mol. The van der Waals surface area contributed by atoms with Gasteiger partial charge < -0.3 is 19.9 Å². The van der Waals surface area contributed by atoms with Crippen LogP contribution in [0.5, 0.6) is 17.2 Å². The fraction of sp³-hybridized carbons (Fsp3) is 0.667. The molecule has 4 aliphatic rings. The highest BCUT2D eigenvalue weighted by molar-refractivity contribution is 5.62. The molecule has 22 heavy (non-hydrogen) atoms. The van der Waals surface area contributed by atoms with Crippen LogP contribution in [0, 0.1) is 5.92 Å². The highest BCUT2D eigenvalue weighted by atomic mass is 16.6. The molecule has 1 aromatic carbocycles. The predicted molar refractivity (Wildman–Crippen MR) is 82.8 cm³/mol. The van der Waals surface area contributed by atoms with E-state index in [1.165, 1.54) is 43.2 Å². The number of hydrogen-bond acceptors (Lipinski definition) is 4. The van der Waals surface area contributed by atoms with Crippen molar-refractivity contribution >= 4 is 0 Å². The van der Waals surface area contributed by atoms with Gasteiger partial charge >= 0.3 is 0 Å². The van der Waals surface area contributed by atoms with Gasteiger partial charge in [0.25, 0.3) is 0 Å². The smallest absolute Gasteiger partial charge is 0.203 e. The highest BCUT2D eigenvalue weighted by Gasteiger charge is 2.52. The summed E-state index contributed by atoms with van der Waals surface area (Å²) in [7, 11) is 0. The first-order chi connectivity index (χ1) is 10.8. The lowest BCUT2D eigenvalue weighted by Crippen LogP contribution is -2.59. The van der Waals surface area contributed by atoms with Crippen molar-refractivity contribution in [1.29, 1.82) is 0 Å². The number of hydrogen-bond donors (Lipinski definition) is 2. The molecule has 4 nitrogen and oxygen atoms in total. The van der Waals surface area contributed by atoms with Crippen LogP contribution in [0.1, 0.15) is 43.2 Å². The molecule has 5 rings (SSSR count). The van der Waals surface area contributed by atoms with Crippen LogP contribution in [-0.4, -0.2) is 30.9 Å². The van der Waals surface area contributed by atoms with E-state index in [2.05, 4.69) is 5.32 Å². The normalized spacial score (nSPS) is 35.5. The van der Waals surface area contributed by atoms with Gasteiger partial charge in [-0.1, -0.05) is 12.8 Å². The highest BCUT2D eigenvalue weighted by Crippen LogP contribution is 2.58. The first kappa shape index (κ1) is 13.1. The molecule has 1 aromatic rings. The van der Waals surface area contributed by atoms with Crippen LogP contribution in [0.25, 0.3) is 0 Å². The summed E-state index contributed by atoms with van der Waals surface area (Å²) in [6.45, 7) is 2.20. The predicted octanol–water partition coefficient (Wildman–Crippen LogP) is 2.51. The van der Waals surface area contributed by atoms with Crippen LogP contribution in [0.2, 0.25) is 0 Å². The average molecular weight is 301 g/mol. The largest absolute Gasteiger partial charge is 0.504 e. The second-order valence-corrected chi connectivity index (χ2v) is 7.30. The number of aromatic hydroxyl groups is 1. The first-order valence-corrected chi connectivity index (χ1v) is 8.68. The van der Waals surface area contributed by atoms with Crippen molar-refractivity contribution < 1.29 is 14.6 Å². The van der Waals surface area contributed by atoms with Crippen LogP contribution in [-0.2, 0) is 11.8 Å². The molecule has 2 bridgehead atoms. The zero-order valence-electron chi connectivity index (χ0n) is 12.9. The molecule has 1 saturated carbocycles. The maximum Gasteiger partial charge on any atom is 0.203 e. The average Bonchev–Trinajstić information content (AvgIpc) is 2.56. The van der Waals surface area contributed by atoms with E-state index in [1.807, 2.05) is 6.07 Å². The molecule has 2 heterocycles. The van der Waals surface area contributed by atoms with Gasteiger partial charge in [0.2, 0.25) is 5.75 Å². The van der Waals surface area contributed by atoms with E-state index < -0.39 is 0 Å². The maximum absolute atomic E-state index is 10.5. The van der Waals surface area contributed by atoms with E-state index in [-0.39, 0.29) is 11.2 Å². The lowest BCUT2D eigenvalue weighted by atomic mass is 9.52. The Bertz CT molecular complexity index is 625. The van der Waals surface area contributed by atoms with Gasteiger partial charge in [-0.3, -0.25) is 0 Å². The summed E-state index contributed by atoms with van der Waals surface area (Å²) in [5, 5.41) is 14.2. The summed E-state index contributed by atoms with van der Waals surface area (Å²) < 4.78 is 11.6. The Morgan fingerprint density at radius 1 is 1.14 bits per heavy atom. The van der Waals surface area contributed by atoms with Crippen LogP contribution < -0.4 is 14.8 Å². The van der Waals surface area contributed by atoms with Crippen molar-refractivity contribution in [3.05, 3.63) is 17.2 Å². The number of fused-ring (bicyclic) bond motifs is 3. The van der Waals surface area contributed by atoms with Crippen LogP contribution >= 0.6 is 0 Å². The molecule has 0 aromatic heterocycles. The van der Waals surface area contributed by atoms with E-state index in [0.717, 1.165) is 18.7 Å². The summed E-state index contributed by atoms with van der Waals surface area (Å²) in [6, 6.07) is 2.56. The molecule has 0 amide bonds. The van der Waals surface area contributed by atoms with E-state index in [9.17, 15) is 5.11 Å². The molecule has 0 unspecified atom stereocenters. The molecular formula is C18H23NO3. The zero-order chi connectivity index (χ0) is 14.7. The summed E-state index contributed by atoms with van der Waals surface area (Å²) in [4.78, 5) is 0. The van der Waals surface area contributed by atoms with Crippen molar-refractivity contribution in [3.8, 4) is 17.2 Å². The van der Waals surface area contributed by atoms with Gasteiger partial charge in [-0.15, -0.1) is 0 Å². The maximum atomic E-state index is 10.5. The number of ether oxygens (including phenoxy) is 2. The van der Waals surface area contributed by atoms with Crippen molar-refractivity contribution in [2.75, 3.05) is 19.8 Å². The SMILES string of the molecule is Oc1cc2c(c3c1OCCO3)C[C@@H]1NCC[C@]23CCCC[C@H]13. The Kier molecular flexibility index (Phi) is 2.70. The summed E-state index contributed by atoms with van der Waals surface area (Å²) in [5.74, 6) is 2.36. The molecule has 1 saturated heterocycles. The third-order valence-corrected chi connectivity index (χ3v) is 6.42. The summed E-state index contributed by atoms with van der Waals surface area (Å²) in [5.41, 5.74) is 2.90. The minimum absolute atomic E-state index is 0.245.